The van der Waals surface area contributed by atoms with E-state index in [0.29, 0.717) is 19.2 Å². The highest BCUT2D eigenvalue weighted by molar-refractivity contribution is 9.11. The summed E-state index contributed by atoms with van der Waals surface area (Å²) in [6.07, 6.45) is 5.93. The number of hydrogen-bond acceptors (Lipinski definition) is 3. The Morgan fingerprint density at radius 2 is 2.00 bits per heavy atom. The number of aliphatic hydroxyl groups excluding tert-OH is 1. The van der Waals surface area contributed by atoms with E-state index in [9.17, 15) is 5.11 Å². The van der Waals surface area contributed by atoms with Crippen LogP contribution in [0, 0.1) is 0 Å². The van der Waals surface area contributed by atoms with E-state index in [2.05, 4.69) is 37.2 Å². The van der Waals surface area contributed by atoms with Crippen molar-refractivity contribution in [3.05, 3.63) is 27.1 Å². The molecule has 3 nitrogen and oxygen atoms in total. The predicted octanol–water partition coefficient (Wildman–Crippen LogP) is 3.87. The molecule has 1 fully saturated rings. The van der Waals surface area contributed by atoms with Gasteiger partial charge in [0, 0.05) is 17.1 Å². The predicted molar refractivity (Wildman–Crippen MR) is 88.2 cm³/mol. The smallest absolute Gasteiger partial charge is 0.133 e. The van der Waals surface area contributed by atoms with E-state index in [1.54, 1.807) is 0 Å². The Hall–Kier alpha value is -0.100. The van der Waals surface area contributed by atoms with Crippen molar-refractivity contribution in [3.63, 3.8) is 0 Å². The van der Waals surface area contributed by atoms with E-state index in [4.69, 9.17) is 4.74 Å². The SMILES string of the molecule is OC(CNC1CCCCC1)COc1ccc(Br)cc1Br. The summed E-state index contributed by atoms with van der Waals surface area (Å²) in [6.45, 7) is 0.902. The first-order valence-corrected chi connectivity index (χ1v) is 8.73. The van der Waals surface area contributed by atoms with Gasteiger partial charge in [-0.1, -0.05) is 35.2 Å². The quantitative estimate of drug-likeness (QED) is 0.753. The highest BCUT2D eigenvalue weighted by Crippen LogP contribution is 2.28. The van der Waals surface area contributed by atoms with E-state index in [1.165, 1.54) is 32.1 Å². The highest BCUT2D eigenvalue weighted by Gasteiger charge is 2.14. The summed E-state index contributed by atoms with van der Waals surface area (Å²) >= 11 is 6.85. The number of rotatable bonds is 6. The molecule has 0 heterocycles. The lowest BCUT2D eigenvalue weighted by Crippen LogP contribution is -2.38. The first-order valence-electron chi connectivity index (χ1n) is 7.14. The van der Waals surface area contributed by atoms with Gasteiger partial charge in [-0.25, -0.2) is 0 Å². The van der Waals surface area contributed by atoms with Gasteiger partial charge in [0.15, 0.2) is 0 Å². The molecule has 1 aliphatic carbocycles. The molecule has 0 radical (unpaired) electrons. The number of aliphatic hydroxyl groups is 1. The summed E-state index contributed by atoms with van der Waals surface area (Å²) in [5.74, 6) is 0.755. The Labute approximate surface area is 137 Å². The molecule has 0 spiro atoms. The van der Waals surface area contributed by atoms with Gasteiger partial charge in [-0.2, -0.15) is 0 Å². The van der Waals surface area contributed by atoms with Crippen LogP contribution < -0.4 is 10.1 Å². The van der Waals surface area contributed by atoms with Crippen molar-refractivity contribution in [2.45, 2.75) is 44.2 Å². The van der Waals surface area contributed by atoms with Gasteiger partial charge in [-0.15, -0.1) is 0 Å². The average Bonchev–Trinajstić information content (AvgIpc) is 2.45. The maximum Gasteiger partial charge on any atom is 0.133 e. The molecule has 2 N–H and O–H groups in total. The summed E-state index contributed by atoms with van der Waals surface area (Å²) in [6, 6.07) is 6.31. The van der Waals surface area contributed by atoms with Gasteiger partial charge in [-0.3, -0.25) is 0 Å². The van der Waals surface area contributed by atoms with Crippen LogP contribution in [0.2, 0.25) is 0 Å². The largest absolute Gasteiger partial charge is 0.490 e. The Bertz CT molecular complexity index is 422. The maximum atomic E-state index is 9.97. The zero-order valence-corrected chi connectivity index (χ0v) is 14.6. The number of benzene rings is 1. The van der Waals surface area contributed by atoms with Gasteiger partial charge in [-0.05, 0) is 47.0 Å². The van der Waals surface area contributed by atoms with Crippen molar-refractivity contribution in [2.24, 2.45) is 0 Å². The van der Waals surface area contributed by atoms with Gasteiger partial charge in [0.1, 0.15) is 18.5 Å². The molecule has 1 aliphatic rings. The molecule has 0 saturated heterocycles. The van der Waals surface area contributed by atoms with Crippen molar-refractivity contribution in [3.8, 4) is 5.75 Å². The first-order chi connectivity index (χ1) is 9.65. The Morgan fingerprint density at radius 1 is 1.25 bits per heavy atom. The van der Waals surface area contributed by atoms with Crippen LogP contribution in [0.25, 0.3) is 0 Å². The number of ether oxygens (including phenoxy) is 1. The minimum absolute atomic E-state index is 0.306. The molecule has 2 rings (SSSR count). The topological polar surface area (TPSA) is 41.5 Å². The fourth-order valence-electron chi connectivity index (χ4n) is 2.45. The molecular weight excluding hydrogens is 386 g/mol. The summed E-state index contributed by atoms with van der Waals surface area (Å²) in [4.78, 5) is 0. The molecule has 0 aliphatic heterocycles. The summed E-state index contributed by atoms with van der Waals surface area (Å²) in [7, 11) is 0. The van der Waals surface area contributed by atoms with E-state index in [-0.39, 0.29) is 0 Å². The van der Waals surface area contributed by atoms with Crippen LogP contribution in [0.15, 0.2) is 27.1 Å². The van der Waals surface area contributed by atoms with Crippen LogP contribution >= 0.6 is 31.9 Å². The van der Waals surface area contributed by atoms with E-state index in [0.717, 1.165) is 14.7 Å². The molecule has 1 aromatic carbocycles. The summed E-state index contributed by atoms with van der Waals surface area (Å²) in [5, 5.41) is 13.4. The molecule has 112 valence electrons. The van der Waals surface area contributed by atoms with Crippen molar-refractivity contribution in [1.82, 2.24) is 5.32 Å². The van der Waals surface area contributed by atoms with Crippen LogP contribution in [0.5, 0.6) is 5.75 Å². The minimum atomic E-state index is -0.479. The number of halogens is 2. The second-order valence-electron chi connectivity index (χ2n) is 5.28. The first kappa shape index (κ1) is 16.3. The third-order valence-electron chi connectivity index (χ3n) is 3.57. The molecule has 20 heavy (non-hydrogen) atoms. The third kappa shape index (κ3) is 5.35. The Balaban J connectivity index is 1.70. The molecule has 0 amide bonds. The van der Waals surface area contributed by atoms with E-state index < -0.39 is 6.10 Å². The molecule has 1 saturated carbocycles. The zero-order chi connectivity index (χ0) is 14.4. The highest BCUT2D eigenvalue weighted by atomic mass is 79.9. The van der Waals surface area contributed by atoms with Gasteiger partial charge in [0.2, 0.25) is 0 Å². The average molecular weight is 407 g/mol. The number of nitrogens with one attached hydrogen (secondary N) is 1. The standard InChI is InChI=1S/C15H21Br2NO2/c16-11-6-7-15(14(17)8-11)20-10-13(19)9-18-12-4-2-1-3-5-12/h6-8,12-13,18-19H,1-5,9-10H2. The Kier molecular flexibility index (Phi) is 6.81. The zero-order valence-electron chi connectivity index (χ0n) is 11.4. The van der Waals surface area contributed by atoms with E-state index in [1.807, 2.05) is 18.2 Å². The van der Waals surface area contributed by atoms with Crippen molar-refractivity contribution in [2.75, 3.05) is 13.2 Å². The molecule has 1 atom stereocenters. The maximum absolute atomic E-state index is 9.97. The monoisotopic (exact) mass is 405 g/mol. The van der Waals surface area contributed by atoms with Gasteiger partial charge < -0.3 is 15.2 Å². The van der Waals surface area contributed by atoms with E-state index >= 15 is 0 Å². The van der Waals surface area contributed by atoms with Crippen LogP contribution in [-0.2, 0) is 0 Å². The van der Waals surface area contributed by atoms with Crippen LogP contribution in [-0.4, -0.2) is 30.4 Å². The Morgan fingerprint density at radius 3 is 2.70 bits per heavy atom. The fraction of sp³-hybridized carbons (Fsp3) is 0.600. The minimum Gasteiger partial charge on any atom is -0.490 e. The van der Waals surface area contributed by atoms with Crippen LogP contribution in [0.3, 0.4) is 0 Å². The fourth-order valence-corrected chi connectivity index (χ4v) is 3.61. The second kappa shape index (κ2) is 8.37. The molecule has 5 heteroatoms. The van der Waals surface area contributed by atoms with Crippen LogP contribution in [0.1, 0.15) is 32.1 Å². The lowest BCUT2D eigenvalue weighted by molar-refractivity contribution is 0.101. The van der Waals surface area contributed by atoms with Gasteiger partial charge in [0.05, 0.1) is 4.47 Å². The van der Waals surface area contributed by atoms with Gasteiger partial charge in [0.25, 0.3) is 0 Å². The van der Waals surface area contributed by atoms with Gasteiger partial charge >= 0.3 is 0 Å². The second-order valence-corrected chi connectivity index (χ2v) is 7.05. The van der Waals surface area contributed by atoms with Crippen molar-refractivity contribution < 1.29 is 9.84 Å². The molecular formula is C15H21Br2NO2. The lowest BCUT2D eigenvalue weighted by Gasteiger charge is -2.24. The molecule has 1 aromatic rings. The molecule has 0 aromatic heterocycles. The summed E-state index contributed by atoms with van der Waals surface area (Å²) < 4.78 is 7.52. The normalized spacial score (nSPS) is 17.9. The number of hydrogen-bond donors (Lipinski definition) is 2. The lowest BCUT2D eigenvalue weighted by atomic mass is 9.95. The third-order valence-corrected chi connectivity index (χ3v) is 4.69. The van der Waals surface area contributed by atoms with Crippen molar-refractivity contribution >= 4 is 31.9 Å². The summed E-state index contributed by atoms with van der Waals surface area (Å²) in [5.41, 5.74) is 0. The van der Waals surface area contributed by atoms with Crippen LogP contribution in [0.4, 0.5) is 0 Å². The van der Waals surface area contributed by atoms with Crippen molar-refractivity contribution in [1.29, 1.82) is 0 Å². The molecule has 0 bridgehead atoms. The molecule has 1 unspecified atom stereocenters.